The number of amides is 2. The van der Waals surface area contributed by atoms with Crippen molar-refractivity contribution in [1.29, 1.82) is 0 Å². The van der Waals surface area contributed by atoms with Crippen molar-refractivity contribution in [3.63, 3.8) is 0 Å². The standard InChI is InChI=1S/C18H22N2O11S.Na/c21-10-13-8-12(5-6-14(13)20(25)26)11-30-7-3-1-2-4-17(23)31-19-16(22)9-15(18(19)24)32(27,28)29;/h5-6,8,15,21H,1-4,7,9-11H2,(H,27,28,29);/q;+1/p-1. The third-order valence-corrected chi connectivity index (χ3v) is 5.62. The number of hydroxylamine groups is 2. The first-order chi connectivity index (χ1) is 15.0. The van der Waals surface area contributed by atoms with E-state index in [-0.39, 0.29) is 58.9 Å². The summed E-state index contributed by atoms with van der Waals surface area (Å²) in [5, 5.41) is 18.0. The van der Waals surface area contributed by atoms with E-state index < -0.39 is 51.1 Å². The maximum atomic E-state index is 11.8. The van der Waals surface area contributed by atoms with Crippen LogP contribution in [0.4, 0.5) is 5.69 Å². The number of nitrogens with zero attached hydrogens (tertiary/aromatic N) is 2. The van der Waals surface area contributed by atoms with Gasteiger partial charge in [0.25, 0.3) is 17.5 Å². The summed E-state index contributed by atoms with van der Waals surface area (Å²) in [6.07, 6.45) is 0.438. The molecule has 0 spiro atoms. The van der Waals surface area contributed by atoms with Gasteiger partial charge in [-0.3, -0.25) is 19.7 Å². The Labute approximate surface area is 211 Å². The van der Waals surface area contributed by atoms with Gasteiger partial charge in [-0.15, -0.1) is 5.06 Å². The van der Waals surface area contributed by atoms with Gasteiger partial charge in [0.05, 0.1) is 30.1 Å². The van der Waals surface area contributed by atoms with Gasteiger partial charge < -0.3 is 19.2 Å². The predicted molar refractivity (Wildman–Crippen MR) is 103 cm³/mol. The first-order valence-electron chi connectivity index (χ1n) is 9.51. The van der Waals surface area contributed by atoms with E-state index in [1.165, 1.54) is 18.2 Å². The van der Waals surface area contributed by atoms with Gasteiger partial charge in [-0.05, 0) is 30.5 Å². The zero-order valence-corrected chi connectivity index (χ0v) is 20.6. The summed E-state index contributed by atoms with van der Waals surface area (Å²) in [4.78, 5) is 49.9. The number of carbonyl (C=O) groups is 3. The Hall–Kier alpha value is -1.94. The molecule has 33 heavy (non-hydrogen) atoms. The second kappa shape index (κ2) is 13.1. The molecular weight excluding hydrogens is 475 g/mol. The molecular formula is C18H21N2NaO11S. The molecule has 0 aromatic heterocycles. The minimum Gasteiger partial charge on any atom is -0.747 e. The summed E-state index contributed by atoms with van der Waals surface area (Å²) < 4.78 is 38.3. The average Bonchev–Trinajstić information content (AvgIpc) is 3.01. The maximum absolute atomic E-state index is 11.8. The van der Waals surface area contributed by atoms with Crippen LogP contribution in [0.1, 0.15) is 43.2 Å². The van der Waals surface area contributed by atoms with Crippen LogP contribution >= 0.6 is 0 Å². The molecule has 2 rings (SSSR count). The van der Waals surface area contributed by atoms with Crippen molar-refractivity contribution >= 4 is 33.6 Å². The SMILES string of the molecule is O=C(CCCCCOCc1ccc([N+](=O)[O-])c(CO)c1)ON1C(=O)CC(S(=O)(=O)[O-])C1=O.[Na+]. The molecule has 1 aliphatic heterocycles. The first kappa shape index (κ1) is 29.1. The Morgan fingerprint density at radius 2 is 1.94 bits per heavy atom. The predicted octanol–water partition coefficient (Wildman–Crippen LogP) is -2.70. The van der Waals surface area contributed by atoms with Crippen molar-refractivity contribution in [3.8, 4) is 0 Å². The molecule has 1 saturated heterocycles. The van der Waals surface area contributed by atoms with Gasteiger partial charge in [-0.25, -0.2) is 13.2 Å². The van der Waals surface area contributed by atoms with E-state index in [0.29, 0.717) is 31.4 Å². The molecule has 0 aliphatic carbocycles. The number of hydrogen-bond acceptors (Lipinski definition) is 11. The van der Waals surface area contributed by atoms with Crippen molar-refractivity contribution in [2.24, 2.45) is 0 Å². The van der Waals surface area contributed by atoms with Crippen LogP contribution in [0.15, 0.2) is 18.2 Å². The second-order valence-corrected chi connectivity index (χ2v) is 8.47. The summed E-state index contributed by atoms with van der Waals surface area (Å²) in [6.45, 7) is 0.0326. The summed E-state index contributed by atoms with van der Waals surface area (Å²) in [5.74, 6) is -3.36. The second-order valence-electron chi connectivity index (χ2n) is 6.92. The summed E-state index contributed by atoms with van der Waals surface area (Å²) >= 11 is 0. The molecule has 2 amide bonds. The van der Waals surface area contributed by atoms with Crippen LogP contribution in [0.25, 0.3) is 0 Å². The van der Waals surface area contributed by atoms with Crippen molar-refractivity contribution in [2.75, 3.05) is 6.61 Å². The molecule has 1 aliphatic rings. The molecule has 1 fully saturated rings. The molecule has 15 heteroatoms. The average molecular weight is 496 g/mol. The molecule has 13 nitrogen and oxygen atoms in total. The van der Waals surface area contributed by atoms with Crippen molar-refractivity contribution in [2.45, 2.75) is 50.6 Å². The van der Waals surface area contributed by atoms with Gasteiger partial charge in [0, 0.05) is 19.1 Å². The maximum Gasteiger partial charge on any atom is 1.00 e. The van der Waals surface area contributed by atoms with Gasteiger partial charge in [-0.1, -0.05) is 6.42 Å². The Morgan fingerprint density at radius 1 is 1.24 bits per heavy atom. The smallest absolute Gasteiger partial charge is 0.747 e. The molecule has 1 N–H and O–H groups in total. The van der Waals surface area contributed by atoms with Gasteiger partial charge in [-0.2, -0.15) is 0 Å². The molecule has 1 aromatic carbocycles. The fourth-order valence-corrected chi connectivity index (χ4v) is 3.61. The summed E-state index contributed by atoms with van der Waals surface area (Å²) in [6, 6.07) is 4.30. The van der Waals surface area contributed by atoms with Crippen LogP contribution in [-0.4, -0.2) is 57.7 Å². The zero-order chi connectivity index (χ0) is 23.9. The number of hydrogen-bond donors (Lipinski definition) is 1. The van der Waals surface area contributed by atoms with Gasteiger partial charge in [0.1, 0.15) is 15.4 Å². The van der Waals surface area contributed by atoms with E-state index in [1.807, 2.05) is 0 Å². The fraction of sp³-hybridized carbons (Fsp3) is 0.500. The van der Waals surface area contributed by atoms with E-state index in [2.05, 4.69) is 4.84 Å². The molecule has 0 radical (unpaired) electrons. The zero-order valence-electron chi connectivity index (χ0n) is 17.8. The number of aliphatic hydroxyl groups is 1. The number of rotatable bonds is 12. The number of imide groups is 1. The molecule has 0 saturated carbocycles. The van der Waals surface area contributed by atoms with Crippen LogP contribution in [-0.2, 0) is 47.3 Å². The Bertz CT molecular complexity index is 999. The third kappa shape index (κ3) is 8.41. The van der Waals surface area contributed by atoms with Crippen molar-refractivity contribution < 1.29 is 76.5 Å². The van der Waals surface area contributed by atoms with Gasteiger partial charge >= 0.3 is 35.5 Å². The molecule has 1 aromatic rings. The van der Waals surface area contributed by atoms with Crippen molar-refractivity contribution in [3.05, 3.63) is 39.4 Å². The molecule has 1 unspecified atom stereocenters. The third-order valence-electron chi connectivity index (χ3n) is 4.55. The number of carbonyl (C=O) groups excluding carboxylic acids is 3. The minimum absolute atomic E-state index is 0. The van der Waals surface area contributed by atoms with Gasteiger partial charge in [0.15, 0.2) is 0 Å². The van der Waals surface area contributed by atoms with Crippen LogP contribution in [0.2, 0.25) is 0 Å². The Balaban J connectivity index is 0.00000544. The topological polar surface area (TPSA) is 193 Å². The fourth-order valence-electron chi connectivity index (χ4n) is 2.93. The van der Waals surface area contributed by atoms with Crippen molar-refractivity contribution in [1.82, 2.24) is 5.06 Å². The van der Waals surface area contributed by atoms with E-state index >= 15 is 0 Å². The molecule has 176 valence electrons. The van der Waals surface area contributed by atoms with Crippen LogP contribution in [0.5, 0.6) is 0 Å². The quantitative estimate of drug-likeness (QED) is 0.0790. The van der Waals surface area contributed by atoms with E-state index in [4.69, 9.17) is 4.74 Å². The number of benzene rings is 1. The molecule has 1 atom stereocenters. The van der Waals surface area contributed by atoms with E-state index in [9.17, 15) is 42.6 Å². The Kier molecular flexibility index (Phi) is 11.5. The van der Waals surface area contributed by atoms with Gasteiger partial charge in [0.2, 0.25) is 0 Å². The normalized spacial score (nSPS) is 15.9. The number of aliphatic hydroxyl groups excluding tert-OH is 1. The van der Waals surface area contributed by atoms with Crippen LogP contribution in [0.3, 0.4) is 0 Å². The summed E-state index contributed by atoms with van der Waals surface area (Å²) in [7, 11) is -5.02. The number of nitro benzene ring substituents is 1. The summed E-state index contributed by atoms with van der Waals surface area (Å²) in [5.41, 5.74) is 0.663. The van der Waals surface area contributed by atoms with Crippen LogP contribution < -0.4 is 29.6 Å². The van der Waals surface area contributed by atoms with E-state index in [1.54, 1.807) is 0 Å². The Morgan fingerprint density at radius 3 is 2.52 bits per heavy atom. The monoisotopic (exact) mass is 496 g/mol. The number of unbranched alkanes of at least 4 members (excludes halogenated alkanes) is 2. The number of ether oxygens (including phenoxy) is 1. The minimum atomic E-state index is -5.02. The molecule has 1 heterocycles. The van der Waals surface area contributed by atoms with E-state index in [0.717, 1.165) is 0 Å². The first-order valence-corrected chi connectivity index (χ1v) is 11.0. The van der Waals surface area contributed by atoms with Crippen LogP contribution in [0, 0.1) is 10.1 Å². The largest absolute Gasteiger partial charge is 1.00 e. The molecule has 0 bridgehead atoms. The number of nitro groups is 1.